The molecule has 4 rings (SSSR count). The predicted molar refractivity (Wildman–Crippen MR) is 113 cm³/mol. The largest absolute Gasteiger partial charge is 0.447 e. The Bertz CT molecular complexity index is 1050. The van der Waals surface area contributed by atoms with Crippen molar-refractivity contribution in [2.24, 2.45) is 0 Å². The zero-order chi connectivity index (χ0) is 21.3. The molecule has 1 saturated heterocycles. The first-order chi connectivity index (χ1) is 14.4. The van der Waals surface area contributed by atoms with Crippen molar-refractivity contribution in [2.45, 2.75) is 46.2 Å². The summed E-state index contributed by atoms with van der Waals surface area (Å²) in [5.74, 6) is 1.22. The summed E-state index contributed by atoms with van der Waals surface area (Å²) in [6.07, 6.45) is 4.09. The van der Waals surface area contributed by atoms with Crippen molar-refractivity contribution in [2.75, 3.05) is 16.8 Å². The van der Waals surface area contributed by atoms with E-state index in [1.54, 1.807) is 13.3 Å². The standard InChI is InChI=1S/C21H25N7O2/c1-5-16-11-30-21(29)28(16)20-25-15(4)24-19(26-20)23-14(3)18-10-27(12-22-18)17-8-6-13(2)7-9-17/h6-10,12,14,16H,5,11H2,1-4H3,(H,23,24,25,26)/t14-,16-/m0/s1. The van der Waals surface area contributed by atoms with Crippen LogP contribution in [0.4, 0.5) is 16.7 Å². The van der Waals surface area contributed by atoms with Crippen molar-refractivity contribution < 1.29 is 9.53 Å². The summed E-state index contributed by atoms with van der Waals surface area (Å²) >= 11 is 0. The number of nitrogens with zero attached hydrogens (tertiary/aromatic N) is 6. The van der Waals surface area contributed by atoms with Crippen molar-refractivity contribution in [3.63, 3.8) is 0 Å². The Balaban J connectivity index is 1.54. The number of anilines is 2. The predicted octanol–water partition coefficient (Wildman–Crippen LogP) is 3.58. The number of imidazole rings is 1. The molecule has 156 valence electrons. The summed E-state index contributed by atoms with van der Waals surface area (Å²) in [6.45, 7) is 8.16. The average molecular weight is 407 g/mol. The fraction of sp³-hybridized carbons (Fsp3) is 0.381. The molecule has 30 heavy (non-hydrogen) atoms. The molecule has 3 aromatic rings. The van der Waals surface area contributed by atoms with Crippen molar-refractivity contribution >= 4 is 18.0 Å². The first-order valence-corrected chi connectivity index (χ1v) is 10.0. The number of carbonyl (C=O) groups is 1. The van der Waals surface area contributed by atoms with Crippen LogP contribution in [0.2, 0.25) is 0 Å². The summed E-state index contributed by atoms with van der Waals surface area (Å²) in [6, 6.07) is 8.03. The Morgan fingerprint density at radius 3 is 2.70 bits per heavy atom. The third-order valence-electron chi connectivity index (χ3n) is 5.11. The highest BCUT2D eigenvalue weighted by Crippen LogP contribution is 2.23. The fourth-order valence-electron chi connectivity index (χ4n) is 3.33. The van der Waals surface area contributed by atoms with Gasteiger partial charge < -0.3 is 14.6 Å². The molecule has 2 aromatic heterocycles. The molecule has 0 radical (unpaired) electrons. The number of aromatic nitrogens is 5. The van der Waals surface area contributed by atoms with E-state index in [-0.39, 0.29) is 12.1 Å². The van der Waals surface area contributed by atoms with Gasteiger partial charge >= 0.3 is 6.09 Å². The smallest absolute Gasteiger partial charge is 0.417 e. The van der Waals surface area contributed by atoms with Crippen LogP contribution in [0.15, 0.2) is 36.8 Å². The number of ether oxygens (including phenoxy) is 1. The monoisotopic (exact) mass is 407 g/mol. The molecule has 1 amide bonds. The molecule has 0 saturated carbocycles. The van der Waals surface area contributed by atoms with Gasteiger partial charge in [0.05, 0.1) is 24.1 Å². The molecular weight excluding hydrogens is 382 g/mol. The summed E-state index contributed by atoms with van der Waals surface area (Å²) in [4.78, 5) is 31.3. The van der Waals surface area contributed by atoms with Gasteiger partial charge in [0.2, 0.25) is 11.9 Å². The van der Waals surface area contributed by atoms with Crippen LogP contribution in [-0.2, 0) is 4.74 Å². The number of cyclic esters (lactones) is 1. The van der Waals surface area contributed by atoms with Gasteiger partial charge in [-0.2, -0.15) is 15.0 Å². The minimum Gasteiger partial charge on any atom is -0.447 e. The molecule has 9 nitrogen and oxygen atoms in total. The highest BCUT2D eigenvalue weighted by atomic mass is 16.6. The number of benzene rings is 1. The molecule has 2 atom stereocenters. The molecule has 1 aromatic carbocycles. The molecular formula is C21H25N7O2. The molecule has 1 N–H and O–H groups in total. The van der Waals surface area contributed by atoms with Gasteiger partial charge in [-0.1, -0.05) is 24.6 Å². The van der Waals surface area contributed by atoms with Gasteiger partial charge in [0, 0.05) is 11.9 Å². The molecule has 1 aliphatic rings. The van der Waals surface area contributed by atoms with Crippen LogP contribution < -0.4 is 10.2 Å². The van der Waals surface area contributed by atoms with Crippen molar-refractivity contribution in [3.05, 3.63) is 53.9 Å². The van der Waals surface area contributed by atoms with E-state index in [1.165, 1.54) is 10.5 Å². The number of amides is 1. The molecule has 3 heterocycles. The van der Waals surface area contributed by atoms with E-state index in [0.717, 1.165) is 17.8 Å². The van der Waals surface area contributed by atoms with Gasteiger partial charge in [0.25, 0.3) is 0 Å². The number of carbonyl (C=O) groups excluding carboxylic acids is 1. The molecule has 0 bridgehead atoms. The van der Waals surface area contributed by atoms with E-state index in [1.807, 2.05) is 24.6 Å². The lowest BCUT2D eigenvalue weighted by atomic mass is 10.2. The Morgan fingerprint density at radius 1 is 1.20 bits per heavy atom. The normalized spacial score (nSPS) is 17.1. The van der Waals surface area contributed by atoms with Gasteiger partial charge in [0.1, 0.15) is 12.4 Å². The first kappa shape index (κ1) is 19.8. The zero-order valence-electron chi connectivity index (χ0n) is 17.5. The van der Waals surface area contributed by atoms with Crippen LogP contribution in [0, 0.1) is 13.8 Å². The summed E-state index contributed by atoms with van der Waals surface area (Å²) < 4.78 is 7.13. The van der Waals surface area contributed by atoms with E-state index in [0.29, 0.717) is 24.3 Å². The second-order valence-corrected chi connectivity index (χ2v) is 7.42. The maximum atomic E-state index is 12.1. The number of hydrogen-bond acceptors (Lipinski definition) is 7. The average Bonchev–Trinajstić information content (AvgIpc) is 3.35. The lowest BCUT2D eigenvalue weighted by molar-refractivity contribution is 0.178. The summed E-state index contributed by atoms with van der Waals surface area (Å²) in [5.41, 5.74) is 3.10. The van der Waals surface area contributed by atoms with Crippen LogP contribution in [0.3, 0.4) is 0 Å². The van der Waals surface area contributed by atoms with E-state index in [4.69, 9.17) is 4.74 Å². The van der Waals surface area contributed by atoms with Crippen LogP contribution >= 0.6 is 0 Å². The molecule has 0 unspecified atom stereocenters. The van der Waals surface area contributed by atoms with E-state index < -0.39 is 6.09 Å². The zero-order valence-corrected chi connectivity index (χ0v) is 17.5. The SMILES string of the molecule is CC[C@H]1COC(=O)N1c1nc(C)nc(N[C@@H](C)c2cn(-c3ccc(C)cc3)cn2)n1. The lowest BCUT2D eigenvalue weighted by Gasteiger charge is -2.19. The molecule has 1 aliphatic heterocycles. The van der Waals surface area contributed by atoms with Crippen molar-refractivity contribution in [1.82, 2.24) is 24.5 Å². The van der Waals surface area contributed by atoms with E-state index in [9.17, 15) is 4.79 Å². The maximum absolute atomic E-state index is 12.1. The van der Waals surface area contributed by atoms with Crippen LogP contribution in [0.5, 0.6) is 0 Å². The number of hydrogen-bond donors (Lipinski definition) is 1. The van der Waals surface area contributed by atoms with Crippen LogP contribution in [0.1, 0.15) is 43.4 Å². The maximum Gasteiger partial charge on any atom is 0.417 e. The summed E-state index contributed by atoms with van der Waals surface area (Å²) in [5, 5.41) is 3.27. The Morgan fingerprint density at radius 2 is 1.97 bits per heavy atom. The second kappa shape index (κ2) is 8.10. The van der Waals surface area contributed by atoms with Gasteiger partial charge in [-0.15, -0.1) is 0 Å². The fourth-order valence-corrected chi connectivity index (χ4v) is 3.33. The molecule has 0 spiro atoms. The molecule has 9 heteroatoms. The van der Waals surface area contributed by atoms with Gasteiger partial charge in [-0.3, -0.25) is 0 Å². The van der Waals surface area contributed by atoms with E-state index in [2.05, 4.69) is 56.4 Å². The first-order valence-electron chi connectivity index (χ1n) is 10.0. The van der Waals surface area contributed by atoms with Crippen molar-refractivity contribution in [1.29, 1.82) is 0 Å². The van der Waals surface area contributed by atoms with Gasteiger partial charge in [0.15, 0.2) is 0 Å². The molecule has 0 aliphatic carbocycles. The van der Waals surface area contributed by atoms with Crippen LogP contribution in [0.25, 0.3) is 5.69 Å². The minimum atomic E-state index is -0.428. The topological polar surface area (TPSA) is 98.1 Å². The number of rotatable bonds is 6. The van der Waals surface area contributed by atoms with Gasteiger partial charge in [-0.05, 0) is 39.3 Å². The number of aryl methyl sites for hydroxylation is 2. The number of nitrogens with one attached hydrogen (secondary N) is 1. The highest BCUT2D eigenvalue weighted by Gasteiger charge is 2.35. The van der Waals surface area contributed by atoms with Crippen molar-refractivity contribution in [3.8, 4) is 5.69 Å². The van der Waals surface area contributed by atoms with Crippen LogP contribution in [-0.4, -0.2) is 43.2 Å². The minimum absolute atomic E-state index is 0.0743. The Kier molecular flexibility index (Phi) is 5.35. The lowest BCUT2D eigenvalue weighted by Crippen LogP contribution is -2.34. The highest BCUT2D eigenvalue weighted by molar-refractivity contribution is 5.88. The second-order valence-electron chi connectivity index (χ2n) is 7.42. The third kappa shape index (κ3) is 3.96. The van der Waals surface area contributed by atoms with E-state index >= 15 is 0 Å². The van der Waals surface area contributed by atoms with Gasteiger partial charge in [-0.25, -0.2) is 14.7 Å². The molecule has 1 fully saturated rings. The summed E-state index contributed by atoms with van der Waals surface area (Å²) in [7, 11) is 0. The quantitative estimate of drug-likeness (QED) is 0.667. The third-order valence-corrected chi connectivity index (χ3v) is 5.11. The Hall–Kier alpha value is -3.49. The Labute approximate surface area is 175 Å².